The third-order valence-electron chi connectivity index (χ3n) is 3.00. The molecule has 0 aliphatic carbocycles. The summed E-state index contributed by atoms with van der Waals surface area (Å²) in [6.07, 6.45) is 0.606. The van der Waals surface area contributed by atoms with Gasteiger partial charge in [-0.05, 0) is 24.5 Å². The Bertz CT molecular complexity index is 574. The lowest BCUT2D eigenvalue weighted by atomic mass is 10.1. The summed E-state index contributed by atoms with van der Waals surface area (Å²) in [6, 6.07) is 6.54. The maximum Gasteiger partial charge on any atom is 0.319 e. The van der Waals surface area contributed by atoms with Gasteiger partial charge in [0.1, 0.15) is 0 Å². The van der Waals surface area contributed by atoms with Crippen LogP contribution in [0.25, 0.3) is 0 Å². The summed E-state index contributed by atoms with van der Waals surface area (Å²) < 4.78 is 22.6. The van der Waals surface area contributed by atoms with Gasteiger partial charge in [0.15, 0.2) is 9.84 Å². The van der Waals surface area contributed by atoms with E-state index in [1.54, 1.807) is 24.3 Å². The van der Waals surface area contributed by atoms with Gasteiger partial charge in [0.25, 0.3) is 0 Å². The molecule has 104 valence electrons. The summed E-state index contributed by atoms with van der Waals surface area (Å²) in [5.74, 6) is 0.368. The number of rotatable bonds is 3. The van der Waals surface area contributed by atoms with Crippen LogP contribution in [0.2, 0.25) is 5.02 Å². The Kier molecular flexibility index (Phi) is 4.31. The highest BCUT2D eigenvalue weighted by Gasteiger charge is 2.27. The van der Waals surface area contributed by atoms with E-state index in [1.165, 1.54) is 0 Å². The number of para-hydroxylation sites is 1. The van der Waals surface area contributed by atoms with Crippen LogP contribution < -0.4 is 10.6 Å². The van der Waals surface area contributed by atoms with Crippen molar-refractivity contribution in [3.05, 3.63) is 29.3 Å². The molecule has 0 saturated carbocycles. The summed E-state index contributed by atoms with van der Waals surface area (Å²) in [5.41, 5.74) is 0.528. The lowest BCUT2D eigenvalue weighted by Crippen LogP contribution is -2.33. The molecule has 1 fully saturated rings. The fraction of sp³-hybridized carbons (Fsp3) is 0.417. The number of halogens is 1. The topological polar surface area (TPSA) is 75.3 Å². The SMILES string of the molecule is O=C(NCC1CCS(=O)(=O)C1)Nc1ccccc1Cl. The molecule has 1 saturated heterocycles. The van der Waals surface area contributed by atoms with Crippen molar-refractivity contribution in [1.82, 2.24) is 5.32 Å². The smallest absolute Gasteiger partial charge is 0.319 e. The molecule has 0 bridgehead atoms. The molecule has 1 aliphatic rings. The van der Waals surface area contributed by atoms with Gasteiger partial charge in [-0.2, -0.15) is 0 Å². The number of urea groups is 1. The second kappa shape index (κ2) is 5.79. The minimum Gasteiger partial charge on any atom is -0.338 e. The van der Waals surface area contributed by atoms with E-state index < -0.39 is 9.84 Å². The Labute approximate surface area is 117 Å². The molecule has 19 heavy (non-hydrogen) atoms. The van der Waals surface area contributed by atoms with Crippen molar-refractivity contribution in [2.45, 2.75) is 6.42 Å². The highest BCUT2D eigenvalue weighted by Crippen LogP contribution is 2.20. The van der Waals surface area contributed by atoms with Gasteiger partial charge < -0.3 is 10.6 Å². The zero-order valence-electron chi connectivity index (χ0n) is 10.2. The van der Waals surface area contributed by atoms with Crippen molar-refractivity contribution in [3.8, 4) is 0 Å². The first-order chi connectivity index (χ1) is 8.96. The van der Waals surface area contributed by atoms with Crippen LogP contribution in [-0.2, 0) is 9.84 Å². The second-order valence-corrected chi connectivity index (χ2v) is 7.22. The van der Waals surface area contributed by atoms with Crippen LogP contribution in [0.3, 0.4) is 0 Å². The predicted molar refractivity (Wildman–Crippen MR) is 75.2 cm³/mol. The van der Waals surface area contributed by atoms with E-state index in [4.69, 9.17) is 11.6 Å². The molecule has 7 heteroatoms. The molecular weight excluding hydrogens is 288 g/mol. The highest BCUT2D eigenvalue weighted by molar-refractivity contribution is 7.91. The molecule has 1 aliphatic heterocycles. The first-order valence-electron chi connectivity index (χ1n) is 5.96. The summed E-state index contributed by atoms with van der Waals surface area (Å²) in [5, 5.41) is 5.75. The fourth-order valence-electron chi connectivity index (χ4n) is 2.00. The third kappa shape index (κ3) is 4.11. The van der Waals surface area contributed by atoms with Crippen LogP contribution in [-0.4, -0.2) is 32.5 Å². The second-order valence-electron chi connectivity index (χ2n) is 4.58. The first kappa shape index (κ1) is 14.1. The minimum atomic E-state index is -2.90. The van der Waals surface area contributed by atoms with Crippen LogP contribution in [0.1, 0.15) is 6.42 Å². The summed E-state index contributed by atoms with van der Waals surface area (Å²) in [7, 11) is -2.90. The van der Waals surface area contributed by atoms with Crippen molar-refractivity contribution in [1.29, 1.82) is 0 Å². The molecular formula is C12H15ClN2O3S. The zero-order valence-corrected chi connectivity index (χ0v) is 11.8. The Hall–Kier alpha value is -1.27. The quantitative estimate of drug-likeness (QED) is 0.895. The van der Waals surface area contributed by atoms with Gasteiger partial charge in [-0.3, -0.25) is 0 Å². The van der Waals surface area contributed by atoms with Crippen molar-refractivity contribution in [3.63, 3.8) is 0 Å². The van der Waals surface area contributed by atoms with E-state index in [0.717, 1.165) is 0 Å². The summed E-state index contributed by atoms with van der Waals surface area (Å²) in [4.78, 5) is 11.7. The zero-order chi connectivity index (χ0) is 13.9. The Morgan fingerprint density at radius 2 is 2.11 bits per heavy atom. The molecule has 2 amide bonds. The summed E-state index contributed by atoms with van der Waals surface area (Å²) in [6.45, 7) is 0.357. The maximum absolute atomic E-state index is 11.7. The Morgan fingerprint density at radius 3 is 2.74 bits per heavy atom. The summed E-state index contributed by atoms with van der Waals surface area (Å²) >= 11 is 5.91. The maximum atomic E-state index is 11.7. The molecule has 1 atom stereocenters. The van der Waals surface area contributed by atoms with Crippen molar-refractivity contribution < 1.29 is 13.2 Å². The number of carbonyl (C=O) groups is 1. The molecule has 1 heterocycles. The van der Waals surface area contributed by atoms with E-state index >= 15 is 0 Å². The van der Waals surface area contributed by atoms with E-state index in [1.807, 2.05) is 0 Å². The van der Waals surface area contributed by atoms with Gasteiger partial charge in [-0.1, -0.05) is 23.7 Å². The van der Waals surface area contributed by atoms with Gasteiger partial charge in [-0.25, -0.2) is 13.2 Å². The average molecular weight is 303 g/mol. The normalized spacial score (nSPS) is 21.0. The molecule has 2 N–H and O–H groups in total. The number of benzene rings is 1. The predicted octanol–water partition coefficient (Wildman–Crippen LogP) is 1.90. The van der Waals surface area contributed by atoms with Crippen LogP contribution >= 0.6 is 11.6 Å². The highest BCUT2D eigenvalue weighted by atomic mass is 35.5. The molecule has 1 aromatic rings. The van der Waals surface area contributed by atoms with E-state index in [9.17, 15) is 13.2 Å². The third-order valence-corrected chi connectivity index (χ3v) is 5.17. The van der Waals surface area contributed by atoms with E-state index in [2.05, 4.69) is 10.6 Å². The number of hydrogen-bond acceptors (Lipinski definition) is 3. The molecule has 1 aromatic carbocycles. The number of sulfone groups is 1. The molecule has 5 nitrogen and oxygen atoms in total. The van der Waals surface area contributed by atoms with Gasteiger partial charge in [0.2, 0.25) is 0 Å². The van der Waals surface area contributed by atoms with E-state index in [-0.39, 0.29) is 23.5 Å². The van der Waals surface area contributed by atoms with Crippen LogP contribution in [0, 0.1) is 5.92 Å². The Morgan fingerprint density at radius 1 is 1.37 bits per heavy atom. The van der Waals surface area contributed by atoms with Gasteiger partial charge in [0.05, 0.1) is 22.2 Å². The lowest BCUT2D eigenvalue weighted by Gasteiger charge is -2.11. The lowest BCUT2D eigenvalue weighted by molar-refractivity contribution is 0.250. The van der Waals surface area contributed by atoms with Gasteiger partial charge in [0, 0.05) is 6.54 Å². The van der Waals surface area contributed by atoms with Crippen LogP contribution in [0.5, 0.6) is 0 Å². The Balaban J connectivity index is 1.81. The van der Waals surface area contributed by atoms with Gasteiger partial charge >= 0.3 is 6.03 Å². The fourth-order valence-corrected chi connectivity index (χ4v) is 4.04. The van der Waals surface area contributed by atoms with Crippen LogP contribution in [0.15, 0.2) is 24.3 Å². The molecule has 1 unspecified atom stereocenters. The van der Waals surface area contributed by atoms with Crippen molar-refractivity contribution in [2.75, 3.05) is 23.4 Å². The molecule has 2 rings (SSSR count). The average Bonchev–Trinajstić information content (AvgIpc) is 2.69. The molecule has 0 spiro atoms. The molecule has 0 radical (unpaired) electrons. The number of hydrogen-bond donors (Lipinski definition) is 2. The first-order valence-corrected chi connectivity index (χ1v) is 8.16. The van der Waals surface area contributed by atoms with Crippen LogP contribution in [0.4, 0.5) is 10.5 Å². The van der Waals surface area contributed by atoms with Crippen molar-refractivity contribution in [2.24, 2.45) is 5.92 Å². The number of nitrogens with one attached hydrogen (secondary N) is 2. The number of carbonyl (C=O) groups excluding carboxylic acids is 1. The molecule has 0 aromatic heterocycles. The largest absolute Gasteiger partial charge is 0.338 e. The van der Waals surface area contributed by atoms with Gasteiger partial charge in [-0.15, -0.1) is 0 Å². The number of anilines is 1. The minimum absolute atomic E-state index is 0.00185. The monoisotopic (exact) mass is 302 g/mol. The van der Waals surface area contributed by atoms with Crippen molar-refractivity contribution >= 4 is 33.2 Å². The number of amides is 2. The van der Waals surface area contributed by atoms with E-state index in [0.29, 0.717) is 23.7 Å². The standard InChI is InChI=1S/C12H15ClN2O3S/c13-10-3-1-2-4-11(10)15-12(16)14-7-9-5-6-19(17,18)8-9/h1-4,9H,5-8H2,(H2,14,15,16).